The van der Waals surface area contributed by atoms with Gasteiger partial charge in [-0.05, 0) is 32.8 Å². The minimum absolute atomic E-state index is 0.0695. The zero-order chi connectivity index (χ0) is 15.5. The lowest BCUT2D eigenvalue weighted by Crippen LogP contribution is -2.46. The molecule has 1 saturated heterocycles. The Bertz CT molecular complexity index is 505. The molecule has 2 rings (SSSR count). The average molecular weight is 289 g/mol. The first-order chi connectivity index (χ1) is 9.86. The molecule has 0 radical (unpaired) electrons. The number of hydrogen-bond acceptors (Lipinski definition) is 4. The molecule has 1 atom stereocenters. The molecular weight excluding hydrogens is 266 g/mol. The van der Waals surface area contributed by atoms with Gasteiger partial charge in [0, 0.05) is 19.4 Å². The van der Waals surface area contributed by atoms with E-state index in [4.69, 9.17) is 4.84 Å². The maximum absolute atomic E-state index is 12.1. The van der Waals surface area contributed by atoms with Gasteiger partial charge in [0.25, 0.3) is 0 Å². The van der Waals surface area contributed by atoms with Gasteiger partial charge in [-0.1, -0.05) is 30.3 Å². The molecule has 1 fully saturated rings. The molecular formula is C17H23NO3. The number of nitrogens with zero attached hydrogens (tertiary/aromatic N) is 1. The van der Waals surface area contributed by atoms with Crippen LogP contribution >= 0.6 is 0 Å². The van der Waals surface area contributed by atoms with Gasteiger partial charge in [0.2, 0.25) is 0 Å². The fraction of sp³-hybridized carbons (Fsp3) is 0.529. The summed E-state index contributed by atoms with van der Waals surface area (Å²) in [6.07, 6.45) is 1.60. The summed E-state index contributed by atoms with van der Waals surface area (Å²) in [5.74, 6) is -0.0195. The molecule has 1 unspecified atom stereocenters. The molecule has 0 amide bonds. The number of rotatable bonds is 3. The quantitative estimate of drug-likeness (QED) is 0.858. The van der Waals surface area contributed by atoms with Crippen LogP contribution in [0.5, 0.6) is 0 Å². The van der Waals surface area contributed by atoms with Crippen molar-refractivity contribution in [3.05, 3.63) is 35.9 Å². The van der Waals surface area contributed by atoms with Crippen molar-refractivity contribution in [3.63, 3.8) is 0 Å². The Kier molecular flexibility index (Phi) is 4.78. The Balaban J connectivity index is 2.07. The van der Waals surface area contributed by atoms with Gasteiger partial charge in [-0.15, -0.1) is 5.06 Å². The number of carbonyl (C=O) groups excluding carboxylic acids is 2. The van der Waals surface area contributed by atoms with Crippen molar-refractivity contribution in [1.29, 1.82) is 0 Å². The summed E-state index contributed by atoms with van der Waals surface area (Å²) < 4.78 is 0. The van der Waals surface area contributed by atoms with Gasteiger partial charge < -0.3 is 4.84 Å². The second kappa shape index (κ2) is 6.39. The lowest BCUT2D eigenvalue weighted by atomic mass is 9.96. The van der Waals surface area contributed by atoms with Crippen molar-refractivity contribution >= 4 is 11.8 Å². The highest BCUT2D eigenvalue weighted by molar-refractivity contribution is 5.80. The molecule has 0 aromatic heterocycles. The fourth-order valence-corrected chi connectivity index (χ4v) is 2.31. The standard InChI is InChI=1S/C17H23NO3/c1-17(2,3)16(20)21-18-10-9-15(19)12-14(18)11-13-7-5-4-6-8-13/h4-8,14H,9-12H2,1-3H3. The third kappa shape index (κ3) is 4.39. The van der Waals surface area contributed by atoms with Gasteiger partial charge in [0.1, 0.15) is 5.78 Å². The summed E-state index contributed by atoms with van der Waals surface area (Å²) in [6, 6.07) is 9.91. The zero-order valence-corrected chi connectivity index (χ0v) is 13.0. The predicted octanol–water partition coefficient (Wildman–Crippen LogP) is 2.77. The van der Waals surface area contributed by atoms with Crippen LogP contribution in [-0.2, 0) is 20.8 Å². The van der Waals surface area contributed by atoms with Crippen molar-refractivity contribution in [2.24, 2.45) is 5.41 Å². The number of hydroxylamine groups is 2. The fourth-order valence-electron chi connectivity index (χ4n) is 2.31. The Morgan fingerprint density at radius 2 is 1.95 bits per heavy atom. The Labute approximate surface area is 126 Å². The van der Waals surface area contributed by atoms with Crippen LogP contribution in [0.1, 0.15) is 39.2 Å². The minimum atomic E-state index is -0.543. The zero-order valence-electron chi connectivity index (χ0n) is 13.0. The topological polar surface area (TPSA) is 46.6 Å². The van der Waals surface area contributed by atoms with Crippen molar-refractivity contribution in [1.82, 2.24) is 5.06 Å². The van der Waals surface area contributed by atoms with Crippen molar-refractivity contribution in [2.75, 3.05) is 6.54 Å². The average Bonchev–Trinajstić information content (AvgIpc) is 2.42. The van der Waals surface area contributed by atoms with E-state index in [0.29, 0.717) is 25.8 Å². The van der Waals surface area contributed by atoms with Gasteiger partial charge in [0.05, 0.1) is 11.5 Å². The van der Waals surface area contributed by atoms with E-state index >= 15 is 0 Å². The molecule has 1 aliphatic heterocycles. The van der Waals surface area contributed by atoms with E-state index in [1.807, 2.05) is 51.1 Å². The van der Waals surface area contributed by atoms with Gasteiger partial charge in [-0.25, -0.2) is 4.79 Å². The molecule has 114 valence electrons. The molecule has 0 aliphatic carbocycles. The van der Waals surface area contributed by atoms with Gasteiger partial charge in [-0.3, -0.25) is 4.79 Å². The van der Waals surface area contributed by atoms with Crippen LogP contribution in [0.3, 0.4) is 0 Å². The van der Waals surface area contributed by atoms with Crippen LogP contribution < -0.4 is 0 Å². The molecule has 21 heavy (non-hydrogen) atoms. The molecule has 4 nitrogen and oxygen atoms in total. The van der Waals surface area contributed by atoms with Gasteiger partial charge in [-0.2, -0.15) is 0 Å². The Morgan fingerprint density at radius 1 is 1.29 bits per heavy atom. The number of benzene rings is 1. The largest absolute Gasteiger partial charge is 0.367 e. The SMILES string of the molecule is CC(C)(C)C(=O)ON1CCC(=O)CC1Cc1ccccc1. The number of ketones is 1. The summed E-state index contributed by atoms with van der Waals surface area (Å²) in [4.78, 5) is 29.3. The molecule has 4 heteroatoms. The van der Waals surface area contributed by atoms with E-state index in [1.165, 1.54) is 0 Å². The number of piperidine rings is 1. The summed E-state index contributed by atoms with van der Waals surface area (Å²) in [6.45, 7) is 5.97. The first-order valence-corrected chi connectivity index (χ1v) is 7.41. The van der Waals surface area contributed by atoms with E-state index < -0.39 is 5.41 Å². The minimum Gasteiger partial charge on any atom is -0.367 e. The van der Waals surface area contributed by atoms with Crippen LogP contribution in [0.25, 0.3) is 0 Å². The van der Waals surface area contributed by atoms with Crippen LogP contribution in [0.2, 0.25) is 0 Å². The van der Waals surface area contributed by atoms with Crippen LogP contribution in [0.4, 0.5) is 0 Å². The summed E-state index contributed by atoms with van der Waals surface area (Å²) in [5.41, 5.74) is 0.604. The van der Waals surface area contributed by atoms with Crippen LogP contribution in [0.15, 0.2) is 30.3 Å². The molecule has 0 N–H and O–H groups in total. The summed E-state index contributed by atoms with van der Waals surface area (Å²) >= 11 is 0. The van der Waals surface area contributed by atoms with E-state index in [0.717, 1.165) is 5.56 Å². The van der Waals surface area contributed by atoms with E-state index in [-0.39, 0.29) is 17.8 Å². The third-order valence-corrected chi connectivity index (χ3v) is 3.61. The molecule has 0 spiro atoms. The Hall–Kier alpha value is -1.68. The van der Waals surface area contributed by atoms with Crippen LogP contribution in [-0.4, -0.2) is 29.4 Å². The summed E-state index contributed by atoms with van der Waals surface area (Å²) in [7, 11) is 0. The lowest BCUT2D eigenvalue weighted by molar-refractivity contribution is -0.216. The summed E-state index contributed by atoms with van der Waals surface area (Å²) in [5, 5.41) is 1.70. The number of carbonyl (C=O) groups is 2. The van der Waals surface area contributed by atoms with Crippen molar-refractivity contribution in [3.8, 4) is 0 Å². The highest BCUT2D eigenvalue weighted by atomic mass is 16.7. The van der Waals surface area contributed by atoms with Gasteiger partial charge >= 0.3 is 5.97 Å². The van der Waals surface area contributed by atoms with E-state index in [2.05, 4.69) is 0 Å². The smallest absolute Gasteiger partial charge is 0.330 e. The molecule has 1 aliphatic rings. The van der Waals surface area contributed by atoms with Crippen molar-refractivity contribution < 1.29 is 14.4 Å². The van der Waals surface area contributed by atoms with Gasteiger partial charge in [0.15, 0.2) is 0 Å². The lowest BCUT2D eigenvalue weighted by Gasteiger charge is -2.34. The second-order valence-electron chi connectivity index (χ2n) is 6.61. The maximum atomic E-state index is 12.1. The normalized spacial score (nSPS) is 20.3. The molecule has 0 bridgehead atoms. The molecule has 0 saturated carbocycles. The third-order valence-electron chi connectivity index (χ3n) is 3.61. The monoisotopic (exact) mass is 289 g/mol. The molecule has 1 aromatic carbocycles. The maximum Gasteiger partial charge on any atom is 0.330 e. The number of Topliss-reactive ketones (excluding diaryl/α,β-unsaturated/α-hetero) is 1. The number of hydrogen-bond donors (Lipinski definition) is 0. The molecule has 1 aromatic rings. The van der Waals surface area contributed by atoms with Crippen LogP contribution in [0, 0.1) is 5.41 Å². The van der Waals surface area contributed by atoms with Crippen molar-refractivity contribution in [2.45, 2.75) is 46.1 Å². The Morgan fingerprint density at radius 3 is 2.57 bits per heavy atom. The predicted molar refractivity (Wildman–Crippen MR) is 80.4 cm³/mol. The highest BCUT2D eigenvalue weighted by Gasteiger charge is 2.33. The second-order valence-corrected chi connectivity index (χ2v) is 6.61. The van der Waals surface area contributed by atoms with E-state index in [9.17, 15) is 9.59 Å². The highest BCUT2D eigenvalue weighted by Crippen LogP contribution is 2.23. The van der Waals surface area contributed by atoms with E-state index in [1.54, 1.807) is 5.06 Å². The molecule has 1 heterocycles. The first-order valence-electron chi connectivity index (χ1n) is 7.41. The first kappa shape index (κ1) is 15.7.